The molecule has 0 aromatic heterocycles. The molecular formula is C16H24BrNO2. The quantitative estimate of drug-likeness (QED) is 0.855. The summed E-state index contributed by atoms with van der Waals surface area (Å²) in [6.07, 6.45) is 0.615. The van der Waals surface area contributed by atoms with Crippen molar-refractivity contribution in [3.8, 4) is 0 Å². The smallest absolute Gasteiger partial charge is 0.407 e. The minimum Gasteiger partial charge on any atom is -0.444 e. The minimum absolute atomic E-state index is 0.301. The number of carbonyl (C=O) groups is 1. The zero-order chi connectivity index (χ0) is 15.3. The number of alkyl carbamates (subject to hydrolysis) is 1. The summed E-state index contributed by atoms with van der Waals surface area (Å²) >= 11 is 3.47. The molecule has 4 heteroatoms. The van der Waals surface area contributed by atoms with E-state index in [9.17, 15) is 4.79 Å². The lowest BCUT2D eigenvalue weighted by atomic mass is 9.93. The molecule has 0 bridgehead atoms. The Bertz CT molecular complexity index is 466. The van der Waals surface area contributed by atoms with Crippen LogP contribution in [0.25, 0.3) is 0 Å². The molecule has 0 spiro atoms. The van der Waals surface area contributed by atoms with Crippen molar-refractivity contribution in [3.63, 3.8) is 0 Å². The first kappa shape index (κ1) is 17.0. The summed E-state index contributed by atoms with van der Waals surface area (Å²) in [6, 6.07) is 6.26. The zero-order valence-electron chi connectivity index (χ0n) is 12.9. The van der Waals surface area contributed by atoms with E-state index in [1.807, 2.05) is 26.8 Å². The van der Waals surface area contributed by atoms with Crippen LogP contribution < -0.4 is 5.32 Å². The molecule has 1 N–H and O–H groups in total. The van der Waals surface area contributed by atoms with Gasteiger partial charge in [-0.05, 0) is 57.4 Å². The largest absolute Gasteiger partial charge is 0.444 e. The van der Waals surface area contributed by atoms with E-state index in [0.29, 0.717) is 12.5 Å². The minimum atomic E-state index is -0.459. The predicted octanol–water partition coefficient (Wildman–Crippen LogP) is 4.78. The summed E-state index contributed by atoms with van der Waals surface area (Å²) < 4.78 is 6.34. The molecule has 1 atom stereocenters. The first-order valence-corrected chi connectivity index (χ1v) is 7.75. The van der Waals surface area contributed by atoms with Crippen LogP contribution in [0, 0.1) is 6.92 Å². The Hall–Kier alpha value is -1.03. The molecule has 0 aliphatic rings. The van der Waals surface area contributed by atoms with Crippen LogP contribution in [0.4, 0.5) is 4.79 Å². The Kier molecular flexibility index (Phi) is 6.06. The summed E-state index contributed by atoms with van der Waals surface area (Å²) in [6.45, 7) is 10.4. The highest BCUT2D eigenvalue weighted by Gasteiger charge is 2.18. The Morgan fingerprint density at radius 3 is 2.55 bits per heavy atom. The second kappa shape index (κ2) is 7.11. The van der Waals surface area contributed by atoms with Gasteiger partial charge in [0, 0.05) is 16.9 Å². The van der Waals surface area contributed by atoms with E-state index in [0.717, 1.165) is 10.9 Å². The van der Waals surface area contributed by atoms with E-state index in [1.165, 1.54) is 11.1 Å². The third-order valence-electron chi connectivity index (χ3n) is 3.06. The summed E-state index contributed by atoms with van der Waals surface area (Å²) in [5, 5.41) is 2.86. The SMILES string of the molecule is CCC(CNC(=O)OC(C)(C)C)c1ccc(Br)cc1C. The van der Waals surface area contributed by atoms with E-state index in [1.54, 1.807) is 0 Å². The maximum absolute atomic E-state index is 11.7. The first-order valence-electron chi connectivity index (χ1n) is 6.96. The van der Waals surface area contributed by atoms with Crippen molar-refractivity contribution in [1.29, 1.82) is 0 Å². The van der Waals surface area contributed by atoms with E-state index >= 15 is 0 Å². The fourth-order valence-electron chi connectivity index (χ4n) is 2.09. The summed E-state index contributed by atoms with van der Waals surface area (Å²) in [5.74, 6) is 0.301. The maximum Gasteiger partial charge on any atom is 0.407 e. The van der Waals surface area contributed by atoms with E-state index in [4.69, 9.17) is 4.74 Å². The van der Waals surface area contributed by atoms with Crippen LogP contribution in [0.3, 0.4) is 0 Å². The van der Waals surface area contributed by atoms with Crippen molar-refractivity contribution in [2.24, 2.45) is 0 Å². The average molecular weight is 342 g/mol. The van der Waals surface area contributed by atoms with Crippen LogP contribution in [0.5, 0.6) is 0 Å². The van der Waals surface area contributed by atoms with Gasteiger partial charge in [0.05, 0.1) is 0 Å². The molecule has 0 aliphatic heterocycles. The fourth-order valence-corrected chi connectivity index (χ4v) is 2.57. The zero-order valence-corrected chi connectivity index (χ0v) is 14.5. The Morgan fingerprint density at radius 2 is 2.05 bits per heavy atom. The number of nitrogens with one attached hydrogen (secondary N) is 1. The lowest BCUT2D eigenvalue weighted by Crippen LogP contribution is -2.34. The molecule has 1 amide bonds. The number of amides is 1. The molecule has 1 aromatic carbocycles. The van der Waals surface area contributed by atoms with Crippen molar-refractivity contribution in [1.82, 2.24) is 5.32 Å². The van der Waals surface area contributed by atoms with Gasteiger partial charge in [-0.3, -0.25) is 0 Å². The topological polar surface area (TPSA) is 38.3 Å². The van der Waals surface area contributed by atoms with Gasteiger partial charge in [0.1, 0.15) is 5.60 Å². The van der Waals surface area contributed by atoms with Crippen LogP contribution >= 0.6 is 15.9 Å². The Morgan fingerprint density at radius 1 is 1.40 bits per heavy atom. The second-order valence-electron chi connectivity index (χ2n) is 5.99. The summed E-state index contributed by atoms with van der Waals surface area (Å²) in [7, 11) is 0. The Balaban J connectivity index is 2.66. The molecule has 3 nitrogen and oxygen atoms in total. The van der Waals surface area contributed by atoms with Gasteiger partial charge in [-0.2, -0.15) is 0 Å². The number of hydrogen-bond acceptors (Lipinski definition) is 2. The molecule has 0 fully saturated rings. The maximum atomic E-state index is 11.7. The van der Waals surface area contributed by atoms with Crippen LogP contribution in [0.15, 0.2) is 22.7 Å². The second-order valence-corrected chi connectivity index (χ2v) is 6.90. The summed E-state index contributed by atoms with van der Waals surface area (Å²) in [4.78, 5) is 11.7. The van der Waals surface area contributed by atoms with Crippen LogP contribution in [0.2, 0.25) is 0 Å². The number of carbonyl (C=O) groups excluding carboxylic acids is 1. The van der Waals surface area contributed by atoms with E-state index in [-0.39, 0.29) is 6.09 Å². The third-order valence-corrected chi connectivity index (χ3v) is 3.55. The highest BCUT2D eigenvalue weighted by Crippen LogP contribution is 2.25. The van der Waals surface area contributed by atoms with E-state index in [2.05, 4.69) is 47.2 Å². The van der Waals surface area contributed by atoms with Gasteiger partial charge in [-0.25, -0.2) is 4.79 Å². The number of ether oxygens (including phenoxy) is 1. The third kappa shape index (κ3) is 5.53. The molecular weight excluding hydrogens is 318 g/mol. The van der Waals surface area contributed by atoms with Crippen LogP contribution in [-0.2, 0) is 4.74 Å². The predicted molar refractivity (Wildman–Crippen MR) is 86.1 cm³/mol. The average Bonchev–Trinajstić information content (AvgIpc) is 2.29. The number of benzene rings is 1. The molecule has 112 valence electrons. The van der Waals surface area contributed by atoms with Gasteiger partial charge in [-0.15, -0.1) is 0 Å². The molecule has 1 unspecified atom stereocenters. The lowest BCUT2D eigenvalue weighted by molar-refractivity contribution is 0.0524. The standard InChI is InChI=1S/C16H24BrNO2/c1-6-12(10-18-15(19)20-16(3,4)5)14-8-7-13(17)9-11(14)2/h7-9,12H,6,10H2,1-5H3,(H,18,19). The van der Waals surface area contributed by atoms with Gasteiger partial charge in [0.25, 0.3) is 0 Å². The number of aryl methyl sites for hydroxylation is 1. The molecule has 0 radical (unpaired) electrons. The Labute approximate surface area is 130 Å². The van der Waals surface area contributed by atoms with Gasteiger partial charge < -0.3 is 10.1 Å². The molecule has 1 aromatic rings. The number of rotatable bonds is 4. The molecule has 0 saturated heterocycles. The van der Waals surface area contributed by atoms with Crippen molar-refractivity contribution in [3.05, 3.63) is 33.8 Å². The highest BCUT2D eigenvalue weighted by molar-refractivity contribution is 9.10. The van der Waals surface area contributed by atoms with Gasteiger partial charge in [0.2, 0.25) is 0 Å². The van der Waals surface area contributed by atoms with Gasteiger partial charge in [-0.1, -0.05) is 28.9 Å². The van der Waals surface area contributed by atoms with Crippen molar-refractivity contribution in [2.45, 2.75) is 52.6 Å². The summed E-state index contributed by atoms with van der Waals surface area (Å²) in [5.41, 5.74) is 2.04. The normalized spacial score (nSPS) is 12.9. The van der Waals surface area contributed by atoms with E-state index < -0.39 is 5.60 Å². The van der Waals surface area contributed by atoms with Crippen molar-refractivity contribution < 1.29 is 9.53 Å². The number of hydrogen-bond donors (Lipinski definition) is 1. The molecule has 0 heterocycles. The molecule has 1 rings (SSSR count). The number of halogens is 1. The van der Waals surface area contributed by atoms with Gasteiger partial charge >= 0.3 is 6.09 Å². The van der Waals surface area contributed by atoms with Crippen molar-refractivity contribution in [2.75, 3.05) is 6.54 Å². The highest BCUT2D eigenvalue weighted by atomic mass is 79.9. The first-order chi connectivity index (χ1) is 9.23. The monoisotopic (exact) mass is 341 g/mol. The van der Waals surface area contributed by atoms with Crippen LogP contribution in [0.1, 0.15) is 51.2 Å². The lowest BCUT2D eigenvalue weighted by Gasteiger charge is -2.22. The fraction of sp³-hybridized carbons (Fsp3) is 0.562. The molecule has 0 aliphatic carbocycles. The van der Waals surface area contributed by atoms with Crippen LogP contribution in [-0.4, -0.2) is 18.2 Å². The molecule has 0 saturated carbocycles. The molecule has 20 heavy (non-hydrogen) atoms. The van der Waals surface area contributed by atoms with Crippen molar-refractivity contribution >= 4 is 22.0 Å². The van der Waals surface area contributed by atoms with Gasteiger partial charge in [0.15, 0.2) is 0 Å².